The van der Waals surface area contributed by atoms with Gasteiger partial charge in [-0.1, -0.05) is 46.7 Å². The molecule has 0 spiro atoms. The first kappa shape index (κ1) is 16.0. The minimum absolute atomic E-state index is 0.0112. The van der Waals surface area contributed by atoms with Crippen LogP contribution in [0.4, 0.5) is 0 Å². The third-order valence-corrected chi connectivity index (χ3v) is 4.27. The summed E-state index contributed by atoms with van der Waals surface area (Å²) >= 11 is 4.66. The van der Waals surface area contributed by atoms with E-state index in [1.54, 1.807) is 0 Å². The Morgan fingerprint density at radius 1 is 1.43 bits per heavy atom. The summed E-state index contributed by atoms with van der Waals surface area (Å²) < 4.78 is 3.02. The first-order valence-corrected chi connectivity index (χ1v) is 8.39. The van der Waals surface area contributed by atoms with Crippen LogP contribution >= 0.6 is 27.7 Å². The Bertz CT molecular complexity index is 630. The van der Waals surface area contributed by atoms with Crippen LogP contribution in [0, 0.1) is 0 Å². The molecule has 0 aliphatic heterocycles. The number of aliphatic carboxylic acids is 1. The van der Waals surface area contributed by atoms with Gasteiger partial charge in [-0.2, -0.15) is 0 Å². The lowest BCUT2D eigenvalue weighted by Crippen LogP contribution is -2.08. The summed E-state index contributed by atoms with van der Waals surface area (Å²) in [6, 6.07) is 8.03. The zero-order chi connectivity index (χ0) is 15.2. The molecule has 21 heavy (non-hydrogen) atoms. The molecule has 112 valence electrons. The molecule has 1 aromatic carbocycles. The highest BCUT2D eigenvalue weighted by atomic mass is 79.9. The van der Waals surface area contributed by atoms with Gasteiger partial charge in [0.15, 0.2) is 5.16 Å². The number of halogens is 1. The summed E-state index contributed by atoms with van der Waals surface area (Å²) in [4.78, 5) is 10.7. The molecule has 0 unspecified atom stereocenters. The number of carbonyl (C=O) groups is 1. The van der Waals surface area contributed by atoms with E-state index in [1.807, 2.05) is 28.8 Å². The third-order valence-electron chi connectivity index (χ3n) is 2.82. The maximum absolute atomic E-state index is 10.7. The molecule has 0 fully saturated rings. The van der Waals surface area contributed by atoms with E-state index in [9.17, 15) is 4.79 Å². The zero-order valence-corrected chi connectivity index (χ0v) is 14.0. The Morgan fingerprint density at radius 2 is 2.24 bits per heavy atom. The number of hydrogen-bond donors (Lipinski definition) is 1. The van der Waals surface area contributed by atoms with Gasteiger partial charge in [-0.15, -0.1) is 10.2 Å². The minimum atomic E-state index is -0.853. The van der Waals surface area contributed by atoms with Gasteiger partial charge >= 0.3 is 5.97 Å². The highest BCUT2D eigenvalue weighted by Gasteiger charge is 2.13. The maximum Gasteiger partial charge on any atom is 0.313 e. The largest absolute Gasteiger partial charge is 0.481 e. The number of aromatic nitrogens is 3. The fourth-order valence-corrected chi connectivity index (χ4v) is 3.06. The van der Waals surface area contributed by atoms with Crippen LogP contribution in [0.3, 0.4) is 0 Å². The molecule has 2 rings (SSSR count). The molecule has 5 nitrogen and oxygen atoms in total. The Hall–Kier alpha value is -1.34. The van der Waals surface area contributed by atoms with E-state index in [0.29, 0.717) is 11.7 Å². The normalized spacial score (nSPS) is 10.8. The Balaban J connectivity index is 2.25. The SMILES string of the molecule is CCCc1nnc(SCC(=O)O)n1Cc1cccc(Br)c1. The highest BCUT2D eigenvalue weighted by molar-refractivity contribution is 9.10. The molecule has 1 heterocycles. The fourth-order valence-electron chi connectivity index (χ4n) is 1.94. The van der Waals surface area contributed by atoms with E-state index < -0.39 is 5.97 Å². The van der Waals surface area contributed by atoms with Gasteiger partial charge in [0, 0.05) is 10.9 Å². The lowest BCUT2D eigenvalue weighted by molar-refractivity contribution is -0.133. The van der Waals surface area contributed by atoms with Gasteiger partial charge in [-0.3, -0.25) is 4.79 Å². The van der Waals surface area contributed by atoms with Gasteiger partial charge < -0.3 is 9.67 Å². The second-order valence-corrected chi connectivity index (χ2v) is 6.41. The van der Waals surface area contributed by atoms with Gasteiger partial charge in [0.05, 0.1) is 12.3 Å². The van der Waals surface area contributed by atoms with Gasteiger partial charge in [0.1, 0.15) is 5.82 Å². The van der Waals surface area contributed by atoms with Gasteiger partial charge in [0.2, 0.25) is 0 Å². The van der Waals surface area contributed by atoms with E-state index in [-0.39, 0.29) is 5.75 Å². The highest BCUT2D eigenvalue weighted by Crippen LogP contribution is 2.20. The van der Waals surface area contributed by atoms with E-state index in [0.717, 1.165) is 28.7 Å². The number of benzene rings is 1. The molecule has 0 atom stereocenters. The molecule has 0 aliphatic carbocycles. The maximum atomic E-state index is 10.7. The van der Waals surface area contributed by atoms with Crippen molar-refractivity contribution in [3.63, 3.8) is 0 Å². The number of thioether (sulfide) groups is 1. The number of carboxylic acid groups (broad SMARTS) is 1. The molecule has 0 bridgehead atoms. The van der Waals surface area contributed by atoms with E-state index >= 15 is 0 Å². The summed E-state index contributed by atoms with van der Waals surface area (Å²) in [5.74, 6) is 0.0300. The second kappa shape index (κ2) is 7.61. The molecule has 7 heteroatoms. The smallest absolute Gasteiger partial charge is 0.313 e. The van der Waals surface area contributed by atoms with Crippen molar-refractivity contribution in [3.8, 4) is 0 Å². The number of aryl methyl sites for hydroxylation is 1. The number of rotatable bonds is 7. The van der Waals surface area contributed by atoms with E-state index in [4.69, 9.17) is 5.11 Å². The molecular weight excluding hydrogens is 354 g/mol. The van der Waals surface area contributed by atoms with Gasteiger partial charge in [-0.05, 0) is 24.1 Å². The quantitative estimate of drug-likeness (QED) is 0.758. The van der Waals surface area contributed by atoms with Crippen LogP contribution in [-0.2, 0) is 17.8 Å². The van der Waals surface area contributed by atoms with Crippen molar-refractivity contribution in [3.05, 3.63) is 40.1 Å². The van der Waals surface area contributed by atoms with Crippen molar-refractivity contribution in [1.29, 1.82) is 0 Å². The molecule has 0 saturated carbocycles. The molecule has 2 aromatic rings. The molecular formula is C14H16BrN3O2S. The molecule has 0 radical (unpaired) electrons. The Labute approximate surface area is 135 Å². The van der Waals surface area contributed by atoms with E-state index in [1.165, 1.54) is 11.8 Å². The first-order chi connectivity index (χ1) is 10.1. The fraction of sp³-hybridized carbons (Fsp3) is 0.357. The van der Waals surface area contributed by atoms with Crippen LogP contribution in [0.15, 0.2) is 33.9 Å². The average Bonchev–Trinajstić information content (AvgIpc) is 2.80. The van der Waals surface area contributed by atoms with Crippen molar-refractivity contribution < 1.29 is 9.90 Å². The zero-order valence-electron chi connectivity index (χ0n) is 11.6. The summed E-state index contributed by atoms with van der Waals surface area (Å²) in [5, 5.41) is 17.8. The minimum Gasteiger partial charge on any atom is -0.481 e. The van der Waals surface area contributed by atoms with Crippen LogP contribution in [0.25, 0.3) is 0 Å². The van der Waals surface area contributed by atoms with E-state index in [2.05, 4.69) is 33.1 Å². The lowest BCUT2D eigenvalue weighted by atomic mass is 10.2. The monoisotopic (exact) mass is 369 g/mol. The summed E-state index contributed by atoms with van der Waals surface area (Å²) in [7, 11) is 0. The Kier molecular flexibility index (Phi) is 5.81. The number of carboxylic acids is 1. The molecule has 0 aliphatic rings. The first-order valence-electron chi connectivity index (χ1n) is 6.61. The van der Waals surface area contributed by atoms with Crippen LogP contribution in [-0.4, -0.2) is 31.6 Å². The van der Waals surface area contributed by atoms with Crippen LogP contribution in [0.2, 0.25) is 0 Å². The van der Waals surface area contributed by atoms with Gasteiger partial charge in [-0.25, -0.2) is 0 Å². The molecule has 0 amide bonds. The third kappa shape index (κ3) is 4.57. The standard InChI is InChI=1S/C14H16BrN3O2S/c1-2-4-12-16-17-14(21-9-13(19)20)18(12)8-10-5-3-6-11(15)7-10/h3,5-7H,2,4,8-9H2,1H3,(H,19,20). The van der Waals surface area contributed by atoms with Crippen molar-refractivity contribution in [2.24, 2.45) is 0 Å². The Morgan fingerprint density at radius 3 is 2.90 bits per heavy atom. The van der Waals surface area contributed by atoms with Crippen molar-refractivity contribution >= 4 is 33.7 Å². The van der Waals surface area contributed by atoms with Gasteiger partial charge in [0.25, 0.3) is 0 Å². The predicted molar refractivity (Wildman–Crippen MR) is 85.6 cm³/mol. The topological polar surface area (TPSA) is 68.0 Å². The van der Waals surface area contributed by atoms with Crippen LogP contribution < -0.4 is 0 Å². The summed E-state index contributed by atoms with van der Waals surface area (Å²) in [6.45, 7) is 2.73. The van der Waals surface area contributed by atoms with Crippen LogP contribution in [0.5, 0.6) is 0 Å². The van der Waals surface area contributed by atoms with Crippen molar-refractivity contribution in [1.82, 2.24) is 14.8 Å². The summed E-state index contributed by atoms with van der Waals surface area (Å²) in [6.07, 6.45) is 1.80. The lowest BCUT2D eigenvalue weighted by Gasteiger charge is -2.09. The number of hydrogen-bond acceptors (Lipinski definition) is 4. The number of nitrogens with zero attached hydrogens (tertiary/aromatic N) is 3. The van der Waals surface area contributed by atoms with Crippen molar-refractivity contribution in [2.45, 2.75) is 31.5 Å². The molecule has 1 N–H and O–H groups in total. The second-order valence-electron chi connectivity index (χ2n) is 4.55. The average molecular weight is 370 g/mol. The van der Waals surface area contributed by atoms with Crippen molar-refractivity contribution in [2.75, 3.05) is 5.75 Å². The molecule has 0 saturated heterocycles. The summed E-state index contributed by atoms with van der Waals surface area (Å²) in [5.41, 5.74) is 1.12. The predicted octanol–water partition coefficient (Wildman–Crippen LogP) is 3.22. The molecule has 1 aromatic heterocycles. The van der Waals surface area contributed by atoms with Crippen LogP contribution in [0.1, 0.15) is 24.7 Å².